The molecule has 0 aliphatic rings. The second-order valence-corrected chi connectivity index (χ2v) is 4.96. The summed E-state index contributed by atoms with van der Waals surface area (Å²) in [7, 11) is 6.12. The average molecular weight is 259 g/mol. The maximum atomic E-state index is 4.43. The summed E-state index contributed by atoms with van der Waals surface area (Å²) in [5, 5.41) is 0. The van der Waals surface area contributed by atoms with Crippen molar-refractivity contribution in [3.63, 3.8) is 0 Å². The van der Waals surface area contributed by atoms with E-state index in [9.17, 15) is 0 Å². The lowest BCUT2D eigenvalue weighted by atomic mass is 10.2. The maximum absolute atomic E-state index is 4.43. The number of pyridine rings is 1. The minimum atomic E-state index is 0.912. The Bertz CT molecular complexity index is 475. The van der Waals surface area contributed by atoms with Crippen LogP contribution in [0.25, 0.3) is 0 Å². The van der Waals surface area contributed by atoms with E-state index in [1.807, 2.05) is 43.9 Å². The molecule has 5 nitrogen and oxygen atoms in total. The van der Waals surface area contributed by atoms with Gasteiger partial charge in [0, 0.05) is 52.3 Å². The Morgan fingerprint density at radius 2 is 2.05 bits per heavy atom. The Kier molecular flexibility index (Phi) is 4.52. The number of hydrogen-bond donors (Lipinski definition) is 0. The van der Waals surface area contributed by atoms with Gasteiger partial charge >= 0.3 is 0 Å². The van der Waals surface area contributed by atoms with Gasteiger partial charge in [0.1, 0.15) is 5.82 Å². The van der Waals surface area contributed by atoms with Crippen molar-refractivity contribution in [2.75, 3.05) is 32.6 Å². The molecular formula is C14H21N5. The third kappa shape index (κ3) is 4.06. The molecule has 0 saturated heterocycles. The van der Waals surface area contributed by atoms with Crippen LogP contribution >= 0.6 is 0 Å². The molecule has 2 heterocycles. The molecule has 0 bridgehead atoms. The van der Waals surface area contributed by atoms with Gasteiger partial charge in [-0.1, -0.05) is 6.07 Å². The molecule has 2 aromatic heterocycles. The van der Waals surface area contributed by atoms with Crippen LogP contribution in [0.15, 0.2) is 37.1 Å². The van der Waals surface area contributed by atoms with Crippen LogP contribution in [0, 0.1) is 0 Å². The number of anilines is 1. The number of hydrogen-bond acceptors (Lipinski definition) is 4. The molecule has 2 rings (SSSR count). The molecule has 102 valence electrons. The van der Waals surface area contributed by atoms with Crippen molar-refractivity contribution < 1.29 is 0 Å². The minimum Gasteiger partial charge on any atom is -0.363 e. The minimum absolute atomic E-state index is 0.912. The summed E-state index contributed by atoms with van der Waals surface area (Å²) in [6.07, 6.45) is 7.59. The molecule has 0 aliphatic carbocycles. The number of rotatable bonds is 6. The van der Waals surface area contributed by atoms with E-state index in [-0.39, 0.29) is 0 Å². The fourth-order valence-corrected chi connectivity index (χ4v) is 1.87. The van der Waals surface area contributed by atoms with Crippen LogP contribution in [0.5, 0.6) is 0 Å². The van der Waals surface area contributed by atoms with E-state index in [0.29, 0.717) is 0 Å². The Morgan fingerprint density at radius 3 is 2.63 bits per heavy atom. The van der Waals surface area contributed by atoms with Crippen LogP contribution in [0.3, 0.4) is 0 Å². The summed E-state index contributed by atoms with van der Waals surface area (Å²) in [6.45, 7) is 2.86. The molecule has 0 unspecified atom stereocenters. The van der Waals surface area contributed by atoms with Gasteiger partial charge in [-0.3, -0.25) is 0 Å². The van der Waals surface area contributed by atoms with Gasteiger partial charge in [-0.05, 0) is 18.7 Å². The predicted octanol–water partition coefficient (Wildman–Crippen LogP) is 1.48. The summed E-state index contributed by atoms with van der Waals surface area (Å²) in [5.74, 6) is 0.991. The molecule has 19 heavy (non-hydrogen) atoms. The first kappa shape index (κ1) is 13.5. The molecule has 0 N–H and O–H groups in total. The molecule has 0 amide bonds. The van der Waals surface area contributed by atoms with Gasteiger partial charge in [-0.2, -0.15) is 0 Å². The van der Waals surface area contributed by atoms with E-state index in [4.69, 9.17) is 0 Å². The van der Waals surface area contributed by atoms with E-state index >= 15 is 0 Å². The lowest BCUT2D eigenvalue weighted by molar-refractivity contribution is 0.311. The highest BCUT2D eigenvalue weighted by molar-refractivity contribution is 5.37. The molecule has 0 radical (unpaired) electrons. The van der Waals surface area contributed by atoms with E-state index in [2.05, 4.69) is 38.6 Å². The van der Waals surface area contributed by atoms with Crippen LogP contribution in [0.4, 0.5) is 5.82 Å². The van der Waals surface area contributed by atoms with Crippen molar-refractivity contribution in [2.45, 2.75) is 13.1 Å². The quantitative estimate of drug-likeness (QED) is 0.787. The highest BCUT2D eigenvalue weighted by Crippen LogP contribution is 2.09. The molecule has 0 aliphatic heterocycles. The van der Waals surface area contributed by atoms with E-state index in [0.717, 1.165) is 25.5 Å². The van der Waals surface area contributed by atoms with E-state index < -0.39 is 0 Å². The van der Waals surface area contributed by atoms with E-state index in [1.54, 1.807) is 0 Å². The van der Waals surface area contributed by atoms with Gasteiger partial charge in [0.05, 0.1) is 6.33 Å². The van der Waals surface area contributed by atoms with Gasteiger partial charge in [-0.15, -0.1) is 0 Å². The first-order valence-corrected chi connectivity index (χ1v) is 6.41. The highest BCUT2D eigenvalue weighted by Gasteiger charge is 2.02. The van der Waals surface area contributed by atoms with Gasteiger partial charge in [0.2, 0.25) is 0 Å². The third-order valence-corrected chi connectivity index (χ3v) is 3.02. The van der Waals surface area contributed by atoms with Crippen molar-refractivity contribution in [2.24, 2.45) is 0 Å². The van der Waals surface area contributed by atoms with Gasteiger partial charge in [0.15, 0.2) is 0 Å². The predicted molar refractivity (Wildman–Crippen MR) is 77.1 cm³/mol. The molecule has 5 heteroatoms. The van der Waals surface area contributed by atoms with Crippen LogP contribution < -0.4 is 4.90 Å². The second-order valence-electron chi connectivity index (χ2n) is 4.96. The molecule has 0 atom stereocenters. The number of imidazole rings is 1. The zero-order valence-corrected chi connectivity index (χ0v) is 11.8. The number of likely N-dealkylation sites (N-methyl/N-ethyl adjacent to an activating group) is 1. The number of nitrogens with zero attached hydrogens (tertiary/aromatic N) is 5. The lowest BCUT2D eigenvalue weighted by Crippen LogP contribution is -2.22. The van der Waals surface area contributed by atoms with Crippen molar-refractivity contribution in [3.8, 4) is 0 Å². The zero-order chi connectivity index (χ0) is 13.7. The summed E-state index contributed by atoms with van der Waals surface area (Å²) in [4.78, 5) is 12.8. The normalized spacial score (nSPS) is 10.9. The molecule has 2 aromatic rings. The SMILES string of the molecule is CN(CCn1ccnc1)Cc1ccc(N(C)C)nc1. The van der Waals surface area contributed by atoms with Crippen molar-refractivity contribution >= 4 is 5.82 Å². The first-order chi connectivity index (χ1) is 9.15. The Labute approximate surface area is 114 Å². The van der Waals surface area contributed by atoms with Gasteiger partial charge in [0.25, 0.3) is 0 Å². The average Bonchev–Trinajstić information content (AvgIpc) is 2.90. The molecule has 0 fully saturated rings. The molecule has 0 spiro atoms. The van der Waals surface area contributed by atoms with Crippen LogP contribution in [-0.2, 0) is 13.1 Å². The third-order valence-electron chi connectivity index (χ3n) is 3.02. The molecular weight excluding hydrogens is 238 g/mol. The topological polar surface area (TPSA) is 37.2 Å². The lowest BCUT2D eigenvalue weighted by Gasteiger charge is -2.17. The van der Waals surface area contributed by atoms with Gasteiger partial charge < -0.3 is 14.4 Å². The van der Waals surface area contributed by atoms with Crippen molar-refractivity contribution in [3.05, 3.63) is 42.6 Å². The largest absolute Gasteiger partial charge is 0.363 e. The Morgan fingerprint density at radius 1 is 1.21 bits per heavy atom. The Balaban J connectivity index is 1.82. The summed E-state index contributed by atoms with van der Waals surface area (Å²) in [6, 6.07) is 4.19. The fourth-order valence-electron chi connectivity index (χ4n) is 1.87. The maximum Gasteiger partial charge on any atom is 0.127 e. The van der Waals surface area contributed by atoms with Crippen LogP contribution in [0.2, 0.25) is 0 Å². The summed E-state index contributed by atoms with van der Waals surface area (Å²) < 4.78 is 2.09. The smallest absolute Gasteiger partial charge is 0.127 e. The van der Waals surface area contributed by atoms with Crippen LogP contribution in [0.1, 0.15) is 5.56 Å². The van der Waals surface area contributed by atoms with E-state index in [1.165, 1.54) is 5.56 Å². The Hall–Kier alpha value is -1.88. The molecule has 0 aromatic carbocycles. The van der Waals surface area contributed by atoms with Crippen molar-refractivity contribution in [1.29, 1.82) is 0 Å². The van der Waals surface area contributed by atoms with Gasteiger partial charge in [-0.25, -0.2) is 9.97 Å². The monoisotopic (exact) mass is 259 g/mol. The highest BCUT2D eigenvalue weighted by atomic mass is 15.1. The second kappa shape index (κ2) is 6.33. The van der Waals surface area contributed by atoms with Crippen LogP contribution in [-0.4, -0.2) is 47.1 Å². The fraction of sp³-hybridized carbons (Fsp3) is 0.429. The van der Waals surface area contributed by atoms with Crippen molar-refractivity contribution in [1.82, 2.24) is 19.4 Å². The number of aromatic nitrogens is 3. The summed E-state index contributed by atoms with van der Waals surface area (Å²) >= 11 is 0. The first-order valence-electron chi connectivity index (χ1n) is 6.41. The molecule has 0 saturated carbocycles. The standard InChI is InChI=1S/C14H21N5/c1-17(2)14-5-4-13(10-16-14)11-18(3)8-9-19-7-6-15-12-19/h4-7,10,12H,8-9,11H2,1-3H3. The summed E-state index contributed by atoms with van der Waals surface area (Å²) in [5.41, 5.74) is 1.23. The zero-order valence-electron chi connectivity index (χ0n) is 11.8.